The standard InChI is InChI=1S/C22H21NO10/c1-30-17-5-11(6-18(31-2)21(17)29)22-19(33-23-12(10-24)3-4-20(27)28)9-14-15(26)7-13(25)8-16(14)32-22/h5-10,12,23H,3-4H2,1-2H3,(H3-,25,26,27,28,29)/p+1/t12-/m0/s1. The first-order valence-corrected chi connectivity index (χ1v) is 9.65. The number of carboxylic acid groups (broad SMARTS) is 1. The van der Waals surface area contributed by atoms with Crippen LogP contribution in [0.15, 0.2) is 34.7 Å². The fraction of sp³-hybridized carbons (Fsp3) is 0.227. The number of hydrogen-bond donors (Lipinski definition) is 5. The summed E-state index contributed by atoms with van der Waals surface area (Å²) in [7, 11) is 2.70. The largest absolute Gasteiger partial charge is 0.507 e. The molecule has 2 aromatic carbocycles. The summed E-state index contributed by atoms with van der Waals surface area (Å²) in [5.41, 5.74) is 2.92. The van der Waals surface area contributed by atoms with Crippen LogP contribution in [0.25, 0.3) is 22.3 Å². The third-order valence-electron chi connectivity index (χ3n) is 4.71. The van der Waals surface area contributed by atoms with Gasteiger partial charge in [0.05, 0.1) is 31.9 Å². The third kappa shape index (κ3) is 5.15. The lowest BCUT2D eigenvalue weighted by Crippen LogP contribution is -2.34. The first kappa shape index (κ1) is 23.4. The molecule has 0 fully saturated rings. The Morgan fingerprint density at radius 3 is 2.30 bits per heavy atom. The number of rotatable bonds is 10. The predicted molar refractivity (Wildman–Crippen MR) is 115 cm³/mol. The Bertz CT molecular complexity index is 1170. The van der Waals surface area contributed by atoms with Crippen LogP contribution in [0, 0.1) is 0 Å². The Kier molecular flexibility index (Phi) is 7.04. The Balaban J connectivity index is 2.12. The molecule has 0 unspecified atom stereocenters. The maximum absolute atomic E-state index is 11.3. The van der Waals surface area contributed by atoms with Crippen molar-refractivity contribution >= 4 is 23.2 Å². The second-order valence-electron chi connectivity index (χ2n) is 6.94. The number of benzene rings is 2. The summed E-state index contributed by atoms with van der Waals surface area (Å²) in [5, 5.41) is 39.3. The number of phenolic OH excluding ortho intramolecular Hbond substituents is 3. The van der Waals surface area contributed by atoms with Gasteiger partial charge in [0.25, 0.3) is 5.75 Å². The van der Waals surface area contributed by atoms with Crippen LogP contribution in [0.2, 0.25) is 0 Å². The van der Waals surface area contributed by atoms with Gasteiger partial charge >= 0.3 is 17.3 Å². The molecule has 0 spiro atoms. The quantitative estimate of drug-likeness (QED) is 0.171. The summed E-state index contributed by atoms with van der Waals surface area (Å²) in [4.78, 5) is 27.7. The number of carbonyl (C=O) groups is 2. The zero-order valence-electron chi connectivity index (χ0n) is 17.7. The van der Waals surface area contributed by atoms with Gasteiger partial charge < -0.3 is 39.5 Å². The van der Waals surface area contributed by atoms with E-state index in [0.717, 1.165) is 6.07 Å². The predicted octanol–water partition coefficient (Wildman–Crippen LogP) is 2.83. The van der Waals surface area contributed by atoms with Crippen molar-refractivity contribution in [1.29, 1.82) is 0 Å². The van der Waals surface area contributed by atoms with E-state index < -0.39 is 12.0 Å². The molecule has 0 aliphatic heterocycles. The van der Waals surface area contributed by atoms with Crippen molar-refractivity contribution in [2.45, 2.75) is 18.9 Å². The highest BCUT2D eigenvalue weighted by Crippen LogP contribution is 2.44. The van der Waals surface area contributed by atoms with Gasteiger partial charge in [0.1, 0.15) is 23.2 Å². The van der Waals surface area contributed by atoms with E-state index in [1.807, 2.05) is 0 Å². The maximum Gasteiger partial charge on any atom is 0.405 e. The number of fused-ring (bicyclic) bond motifs is 1. The number of aliphatic carboxylic acids is 1. The van der Waals surface area contributed by atoms with Crippen LogP contribution in [0.3, 0.4) is 0 Å². The van der Waals surface area contributed by atoms with Crippen molar-refractivity contribution < 1.29 is 48.7 Å². The second-order valence-corrected chi connectivity index (χ2v) is 6.94. The van der Waals surface area contributed by atoms with Crippen LogP contribution >= 0.6 is 0 Å². The van der Waals surface area contributed by atoms with Gasteiger partial charge in [0, 0.05) is 30.7 Å². The Morgan fingerprint density at radius 1 is 1.06 bits per heavy atom. The first-order chi connectivity index (χ1) is 15.8. The highest BCUT2D eigenvalue weighted by Gasteiger charge is 2.29. The van der Waals surface area contributed by atoms with Gasteiger partial charge in [-0.15, -0.1) is 5.48 Å². The number of hydroxylamine groups is 1. The van der Waals surface area contributed by atoms with E-state index >= 15 is 0 Å². The molecule has 0 saturated heterocycles. The van der Waals surface area contributed by atoms with E-state index in [2.05, 4.69) is 5.48 Å². The van der Waals surface area contributed by atoms with Crippen molar-refractivity contribution in [3.8, 4) is 45.8 Å². The fourth-order valence-electron chi connectivity index (χ4n) is 3.06. The molecule has 0 aliphatic carbocycles. The average Bonchev–Trinajstić information content (AvgIpc) is 2.78. The van der Waals surface area contributed by atoms with Gasteiger partial charge in [-0.25, -0.2) is 4.42 Å². The molecule has 1 heterocycles. The zero-order valence-corrected chi connectivity index (χ0v) is 17.7. The van der Waals surface area contributed by atoms with Crippen LogP contribution in [0.4, 0.5) is 0 Å². The normalized spacial score (nSPS) is 11.7. The smallest absolute Gasteiger partial charge is 0.405 e. The molecule has 0 bridgehead atoms. The summed E-state index contributed by atoms with van der Waals surface area (Å²) in [6.07, 6.45) is 0.211. The third-order valence-corrected chi connectivity index (χ3v) is 4.71. The SMILES string of the molecule is COc1cc(-c2[o+]c3cc(O)cc(O)c3cc2ON[C@H](C=O)CCC(=O)O)cc(OC)c1O. The molecular formula is C22H22NO10+. The Labute approximate surface area is 187 Å². The number of hydrogen-bond acceptors (Lipinski definition) is 9. The molecule has 3 rings (SSSR count). The minimum Gasteiger partial charge on any atom is -0.507 e. The van der Waals surface area contributed by atoms with Crippen LogP contribution in [0.1, 0.15) is 12.8 Å². The molecule has 0 saturated carbocycles. The monoisotopic (exact) mass is 460 g/mol. The molecule has 1 aromatic heterocycles. The summed E-state index contributed by atoms with van der Waals surface area (Å²) >= 11 is 0. The first-order valence-electron chi connectivity index (χ1n) is 9.65. The Morgan fingerprint density at radius 2 is 1.73 bits per heavy atom. The minimum absolute atomic E-state index is 0.0143. The number of carbonyl (C=O) groups excluding carboxylic acids is 1. The van der Waals surface area contributed by atoms with E-state index in [9.17, 15) is 24.9 Å². The summed E-state index contributed by atoms with van der Waals surface area (Å²) in [6.45, 7) is 0. The lowest BCUT2D eigenvalue weighted by molar-refractivity contribution is -0.137. The molecular weight excluding hydrogens is 438 g/mol. The van der Waals surface area contributed by atoms with E-state index in [1.165, 1.54) is 38.5 Å². The lowest BCUT2D eigenvalue weighted by atomic mass is 10.1. The average molecular weight is 460 g/mol. The van der Waals surface area contributed by atoms with Crippen molar-refractivity contribution in [2.24, 2.45) is 0 Å². The number of nitrogens with one attached hydrogen (secondary N) is 1. The van der Waals surface area contributed by atoms with Gasteiger partial charge in [-0.05, 0) is 6.42 Å². The van der Waals surface area contributed by atoms with Crippen LogP contribution in [0.5, 0.6) is 34.5 Å². The molecule has 0 amide bonds. The van der Waals surface area contributed by atoms with Crippen LogP contribution in [-0.4, -0.2) is 52.9 Å². The topological polar surface area (TPSA) is 166 Å². The summed E-state index contributed by atoms with van der Waals surface area (Å²) in [5.74, 6) is -1.61. The lowest BCUT2D eigenvalue weighted by Gasteiger charge is -2.13. The van der Waals surface area contributed by atoms with Gasteiger partial charge in [0.2, 0.25) is 5.75 Å². The second kappa shape index (κ2) is 9.92. The minimum atomic E-state index is -1.07. The number of aldehydes is 1. The highest BCUT2D eigenvalue weighted by atomic mass is 16.7. The number of methoxy groups -OCH3 is 2. The Hall–Kier alpha value is -4.25. The van der Waals surface area contributed by atoms with Crippen molar-refractivity contribution in [1.82, 2.24) is 5.48 Å². The highest BCUT2D eigenvalue weighted by molar-refractivity contribution is 5.88. The number of carboxylic acids is 1. The summed E-state index contributed by atoms with van der Waals surface area (Å²) in [6, 6.07) is 5.75. The molecule has 1 atom stereocenters. The molecule has 3 aromatic rings. The summed E-state index contributed by atoms with van der Waals surface area (Å²) < 4.78 is 16.2. The van der Waals surface area contributed by atoms with Gasteiger partial charge in [-0.2, -0.15) is 0 Å². The molecule has 5 N–H and O–H groups in total. The van der Waals surface area contributed by atoms with Crippen LogP contribution in [-0.2, 0) is 9.59 Å². The van der Waals surface area contributed by atoms with Crippen LogP contribution < -0.4 is 19.8 Å². The number of ether oxygens (including phenoxy) is 2. The molecule has 33 heavy (non-hydrogen) atoms. The molecule has 11 nitrogen and oxygen atoms in total. The van der Waals surface area contributed by atoms with E-state index in [4.69, 9.17) is 23.8 Å². The van der Waals surface area contributed by atoms with Gasteiger partial charge in [-0.3, -0.25) is 4.79 Å². The van der Waals surface area contributed by atoms with Crippen molar-refractivity contribution in [2.75, 3.05) is 14.2 Å². The number of aromatic hydroxyl groups is 3. The molecule has 0 radical (unpaired) electrons. The maximum atomic E-state index is 11.3. The van der Waals surface area contributed by atoms with Gasteiger partial charge in [0.15, 0.2) is 11.5 Å². The van der Waals surface area contributed by atoms with E-state index in [0.29, 0.717) is 11.8 Å². The zero-order chi connectivity index (χ0) is 24.1. The van der Waals surface area contributed by atoms with Gasteiger partial charge in [-0.1, -0.05) is 0 Å². The molecule has 0 aliphatic rings. The van der Waals surface area contributed by atoms with E-state index in [1.54, 1.807) is 0 Å². The molecule has 174 valence electrons. The molecule has 11 heteroatoms. The van der Waals surface area contributed by atoms with Crippen molar-refractivity contribution in [3.63, 3.8) is 0 Å². The van der Waals surface area contributed by atoms with E-state index in [-0.39, 0.29) is 64.1 Å². The number of phenols is 3. The van der Waals surface area contributed by atoms with Crippen molar-refractivity contribution in [3.05, 3.63) is 30.3 Å². The fourth-order valence-corrected chi connectivity index (χ4v) is 3.06.